The Bertz CT molecular complexity index is 840. The minimum absolute atomic E-state index is 0.0569. The molecule has 0 saturated heterocycles. The zero-order valence-corrected chi connectivity index (χ0v) is 23.9. The topological polar surface area (TPSA) is 141 Å². The quantitative estimate of drug-likeness (QED) is 0.109. The Kier molecular flexibility index (Phi) is 15.1. The lowest BCUT2D eigenvalue weighted by atomic mass is 9.86. The molecular weight excluding hydrogens is 488 g/mol. The summed E-state index contributed by atoms with van der Waals surface area (Å²) in [4.78, 5) is 43.3. The fraction of sp³-hybridized carbons (Fsp3) is 0.759. The van der Waals surface area contributed by atoms with Crippen LogP contribution in [0, 0.1) is 0 Å². The maximum absolute atomic E-state index is 13.1. The summed E-state index contributed by atoms with van der Waals surface area (Å²) in [6, 6.07) is 2.24. The Morgan fingerprint density at radius 2 is 1.24 bits per heavy atom. The van der Waals surface area contributed by atoms with E-state index < -0.39 is 40.6 Å². The van der Waals surface area contributed by atoms with Crippen LogP contribution in [0.25, 0.3) is 0 Å². The van der Waals surface area contributed by atoms with E-state index in [4.69, 9.17) is 15.3 Å². The Labute approximate surface area is 228 Å². The first kappa shape index (κ1) is 33.5. The van der Waals surface area contributed by atoms with Gasteiger partial charge >= 0.3 is 11.9 Å². The monoisotopic (exact) mass is 538 g/mol. The molecule has 1 atom stereocenters. The first-order valence-corrected chi connectivity index (χ1v) is 14.3. The van der Waals surface area contributed by atoms with Gasteiger partial charge in [0.2, 0.25) is 11.8 Å². The van der Waals surface area contributed by atoms with Crippen LogP contribution in [0.15, 0.2) is 12.1 Å². The number of hydrogen-bond acceptors (Lipinski definition) is 8. The first-order chi connectivity index (χ1) is 17.9. The highest BCUT2D eigenvalue weighted by atomic mass is 16.7. The molecule has 0 radical (unpaired) electrons. The van der Waals surface area contributed by atoms with Gasteiger partial charge < -0.3 is 25.5 Å². The number of unbranched alkanes of at least 4 members (excludes halogenated alkanes) is 12. The second kappa shape index (κ2) is 17.1. The number of Topliss-reactive ketones (excluding diaryl/α,β-unsaturated/α-hetero) is 1. The van der Waals surface area contributed by atoms with Crippen LogP contribution in [0.5, 0.6) is 11.8 Å². The van der Waals surface area contributed by atoms with Gasteiger partial charge in [0, 0.05) is 25.0 Å². The molecule has 0 aliphatic carbocycles. The molecule has 1 aromatic rings. The van der Waals surface area contributed by atoms with E-state index in [1.165, 1.54) is 57.8 Å². The summed E-state index contributed by atoms with van der Waals surface area (Å²) in [5, 5.41) is 19.6. The minimum atomic E-state index is -2.13. The number of carbonyl (C=O) groups excluding carboxylic acids is 3. The molecule has 9 nitrogen and oxygen atoms in total. The predicted octanol–water partition coefficient (Wildman–Crippen LogP) is 5.72. The summed E-state index contributed by atoms with van der Waals surface area (Å²) in [5.41, 5.74) is 3.40. The van der Waals surface area contributed by atoms with Gasteiger partial charge in [-0.3, -0.25) is 9.59 Å². The maximum atomic E-state index is 13.1. The molecule has 1 rings (SSSR count). The number of esters is 1. The van der Waals surface area contributed by atoms with E-state index in [1.807, 2.05) is 0 Å². The second-order valence-electron chi connectivity index (χ2n) is 11.2. The number of aromatic nitrogens is 1. The Morgan fingerprint density at radius 1 is 0.789 bits per heavy atom. The Hall–Kier alpha value is -2.55. The van der Waals surface area contributed by atoms with E-state index >= 15 is 0 Å². The van der Waals surface area contributed by atoms with E-state index in [0.29, 0.717) is 11.2 Å². The van der Waals surface area contributed by atoms with Crippen molar-refractivity contribution in [3.05, 3.63) is 12.1 Å². The number of carbonyl (C=O) groups is 3. The highest BCUT2D eigenvalue weighted by Gasteiger charge is 2.44. The van der Waals surface area contributed by atoms with Crippen molar-refractivity contribution in [1.82, 2.24) is 4.73 Å². The number of nitrogens with two attached hydrogens (primary N) is 1. The highest BCUT2D eigenvalue weighted by molar-refractivity contribution is 6.08. The summed E-state index contributed by atoms with van der Waals surface area (Å²) < 4.78 is 5.76. The van der Waals surface area contributed by atoms with Gasteiger partial charge in [0.15, 0.2) is 11.3 Å². The second-order valence-corrected chi connectivity index (χ2v) is 11.2. The van der Waals surface area contributed by atoms with Crippen molar-refractivity contribution >= 4 is 17.7 Å². The molecule has 0 fully saturated rings. The van der Waals surface area contributed by atoms with E-state index in [2.05, 4.69) is 6.92 Å². The molecule has 0 spiro atoms. The fourth-order valence-electron chi connectivity index (χ4n) is 4.23. The van der Waals surface area contributed by atoms with Gasteiger partial charge in [0.25, 0.3) is 0 Å². The summed E-state index contributed by atoms with van der Waals surface area (Å²) in [7, 11) is 0. The Balaban J connectivity index is 2.53. The van der Waals surface area contributed by atoms with Crippen LogP contribution in [0.1, 0.15) is 130 Å². The van der Waals surface area contributed by atoms with Crippen molar-refractivity contribution < 1.29 is 34.2 Å². The Morgan fingerprint density at radius 3 is 1.68 bits per heavy atom. The SMILES string of the molecule is CCCCCCCCCCCCCCCC(=O)[C@](N)(CCC(=O)OC(C)(C)C)C(=O)On1c(O)ccc1O. The summed E-state index contributed by atoms with van der Waals surface area (Å²) in [6.45, 7) is 7.37. The summed E-state index contributed by atoms with van der Waals surface area (Å²) in [6.07, 6.45) is 14.6. The molecule has 218 valence electrons. The van der Waals surface area contributed by atoms with Crippen LogP contribution in [0.2, 0.25) is 0 Å². The third-order valence-corrected chi connectivity index (χ3v) is 6.48. The molecule has 0 aromatic carbocycles. The standard InChI is InChI=1S/C29H50N2O7/c1-5-6-7-8-9-10-11-12-13-14-15-16-17-18-23(32)29(30,22-21-26(35)37-28(2,3)4)27(36)38-31-24(33)19-20-25(31)34/h19-20,33-34H,5-18,21-22,30H2,1-4H3/t29-/m1/s1. The number of hydrogen-bond donors (Lipinski definition) is 3. The molecular formula is C29H50N2O7. The number of aromatic hydroxyl groups is 2. The first-order valence-electron chi connectivity index (χ1n) is 14.3. The van der Waals surface area contributed by atoms with Crippen LogP contribution in [-0.4, -0.2) is 43.8 Å². The fourth-order valence-corrected chi connectivity index (χ4v) is 4.23. The number of ether oxygens (including phenoxy) is 1. The van der Waals surface area contributed by atoms with Crippen molar-refractivity contribution in [2.24, 2.45) is 5.73 Å². The molecule has 0 aliphatic heterocycles. The molecule has 0 saturated carbocycles. The molecule has 0 bridgehead atoms. The number of ketones is 1. The third kappa shape index (κ3) is 12.8. The van der Waals surface area contributed by atoms with Crippen molar-refractivity contribution in [3.63, 3.8) is 0 Å². The normalized spacial score (nSPS) is 13.2. The largest absolute Gasteiger partial charge is 0.492 e. The molecule has 9 heteroatoms. The number of rotatable bonds is 20. The smallest absolute Gasteiger partial charge is 0.360 e. The molecule has 0 unspecified atom stereocenters. The molecule has 1 aromatic heterocycles. The predicted molar refractivity (Wildman–Crippen MR) is 147 cm³/mol. The van der Waals surface area contributed by atoms with Crippen molar-refractivity contribution in [2.75, 3.05) is 0 Å². The van der Waals surface area contributed by atoms with E-state index in [9.17, 15) is 24.6 Å². The van der Waals surface area contributed by atoms with Gasteiger partial charge in [-0.25, -0.2) is 4.79 Å². The summed E-state index contributed by atoms with van der Waals surface area (Å²) >= 11 is 0. The minimum Gasteiger partial charge on any atom is -0.492 e. The van der Waals surface area contributed by atoms with E-state index in [1.54, 1.807) is 20.8 Å². The lowest BCUT2D eigenvalue weighted by Gasteiger charge is -2.26. The van der Waals surface area contributed by atoms with Gasteiger partial charge in [0.05, 0.1) is 0 Å². The number of nitrogens with zero attached hydrogens (tertiary/aromatic N) is 1. The lowest BCUT2D eigenvalue weighted by Crippen LogP contribution is -2.58. The van der Waals surface area contributed by atoms with Gasteiger partial charge in [-0.2, -0.15) is 0 Å². The third-order valence-electron chi connectivity index (χ3n) is 6.48. The van der Waals surface area contributed by atoms with Crippen LogP contribution in [0.3, 0.4) is 0 Å². The van der Waals surface area contributed by atoms with Gasteiger partial charge in [-0.05, 0) is 33.6 Å². The van der Waals surface area contributed by atoms with Gasteiger partial charge in [0.1, 0.15) is 5.60 Å². The van der Waals surface area contributed by atoms with Gasteiger partial charge in [-0.15, -0.1) is 4.73 Å². The average molecular weight is 539 g/mol. The van der Waals surface area contributed by atoms with Crippen LogP contribution in [-0.2, 0) is 19.1 Å². The summed E-state index contributed by atoms with van der Waals surface area (Å²) in [5.74, 6) is -3.38. The van der Waals surface area contributed by atoms with E-state index in [0.717, 1.165) is 31.4 Å². The molecule has 1 heterocycles. The average Bonchev–Trinajstić information content (AvgIpc) is 3.16. The van der Waals surface area contributed by atoms with Gasteiger partial charge in [-0.1, -0.05) is 84.0 Å². The van der Waals surface area contributed by atoms with Crippen molar-refractivity contribution in [1.29, 1.82) is 0 Å². The molecule has 0 aliphatic rings. The van der Waals surface area contributed by atoms with Crippen molar-refractivity contribution in [2.45, 2.75) is 142 Å². The maximum Gasteiger partial charge on any atom is 0.360 e. The van der Waals surface area contributed by atoms with Crippen molar-refractivity contribution in [3.8, 4) is 11.8 Å². The highest BCUT2D eigenvalue weighted by Crippen LogP contribution is 2.23. The van der Waals surface area contributed by atoms with E-state index in [-0.39, 0.29) is 19.3 Å². The van der Waals surface area contributed by atoms with Crippen LogP contribution in [0.4, 0.5) is 0 Å². The molecule has 4 N–H and O–H groups in total. The lowest BCUT2D eigenvalue weighted by molar-refractivity contribution is -0.158. The molecule has 0 amide bonds. The van der Waals surface area contributed by atoms with Crippen LogP contribution >= 0.6 is 0 Å². The molecule has 38 heavy (non-hydrogen) atoms. The van der Waals surface area contributed by atoms with Crippen LogP contribution < -0.4 is 10.6 Å². The zero-order valence-electron chi connectivity index (χ0n) is 23.9. The zero-order chi connectivity index (χ0) is 28.6.